The molecule has 0 aromatic heterocycles. The molecule has 2 aromatic carbocycles. The fourth-order valence-corrected chi connectivity index (χ4v) is 4.75. The van der Waals surface area contributed by atoms with Gasteiger partial charge in [-0.25, -0.2) is 13.2 Å². The summed E-state index contributed by atoms with van der Waals surface area (Å²) in [6, 6.07) is 12.8. The number of halogens is 1. The van der Waals surface area contributed by atoms with Crippen LogP contribution in [0.2, 0.25) is 5.02 Å². The van der Waals surface area contributed by atoms with Gasteiger partial charge in [-0.3, -0.25) is 4.31 Å². The number of sulfonamides is 1. The van der Waals surface area contributed by atoms with Crippen LogP contribution in [0.4, 0.5) is 5.69 Å². The minimum atomic E-state index is -3.87. The monoisotopic (exact) mass is 423 g/mol. The molecule has 0 bridgehead atoms. The number of benzene rings is 2. The molecule has 1 saturated heterocycles. The minimum Gasteiger partial charge on any atom is -0.459 e. The van der Waals surface area contributed by atoms with Crippen molar-refractivity contribution in [3.63, 3.8) is 0 Å². The summed E-state index contributed by atoms with van der Waals surface area (Å²) in [5.74, 6) is -0.666. The van der Waals surface area contributed by atoms with E-state index in [9.17, 15) is 13.2 Å². The molecule has 1 fully saturated rings. The van der Waals surface area contributed by atoms with Gasteiger partial charge in [-0.2, -0.15) is 0 Å². The number of esters is 1. The predicted octanol–water partition coefficient (Wildman–Crippen LogP) is 3.89. The molecule has 1 aliphatic rings. The Morgan fingerprint density at radius 1 is 1.25 bits per heavy atom. The van der Waals surface area contributed by atoms with Crippen molar-refractivity contribution in [3.8, 4) is 0 Å². The maximum absolute atomic E-state index is 13.1. The molecule has 1 aliphatic heterocycles. The largest absolute Gasteiger partial charge is 0.459 e. The lowest BCUT2D eigenvalue weighted by molar-refractivity contribution is 0.0161. The summed E-state index contributed by atoms with van der Waals surface area (Å²) >= 11 is 6.13. The second-order valence-corrected chi connectivity index (χ2v) is 8.65. The number of carbonyl (C=O) groups is 1. The first-order valence-electron chi connectivity index (χ1n) is 9.09. The van der Waals surface area contributed by atoms with E-state index in [4.69, 9.17) is 21.1 Å². The zero-order valence-corrected chi connectivity index (χ0v) is 17.1. The van der Waals surface area contributed by atoms with Gasteiger partial charge in [0.2, 0.25) is 0 Å². The number of hydrogen-bond donors (Lipinski definition) is 0. The Labute approximate surface area is 170 Å². The van der Waals surface area contributed by atoms with Gasteiger partial charge in [-0.05, 0) is 50.1 Å². The molecule has 1 heterocycles. The molecule has 8 heteroatoms. The molecule has 0 aliphatic carbocycles. The molecule has 6 nitrogen and oxygen atoms in total. The molecule has 0 unspecified atom stereocenters. The summed E-state index contributed by atoms with van der Waals surface area (Å²) in [6.07, 6.45) is 1.64. The zero-order chi connectivity index (χ0) is 20.1. The third-order valence-corrected chi connectivity index (χ3v) is 6.73. The van der Waals surface area contributed by atoms with E-state index in [0.29, 0.717) is 12.3 Å². The van der Waals surface area contributed by atoms with Gasteiger partial charge in [-0.1, -0.05) is 29.8 Å². The van der Waals surface area contributed by atoms with Gasteiger partial charge in [-0.15, -0.1) is 0 Å². The van der Waals surface area contributed by atoms with E-state index in [-0.39, 0.29) is 34.7 Å². The van der Waals surface area contributed by atoms with Crippen molar-refractivity contribution in [3.05, 3.63) is 59.1 Å². The van der Waals surface area contributed by atoms with Gasteiger partial charge < -0.3 is 9.47 Å². The number of rotatable bonds is 7. The number of nitrogens with zero attached hydrogens (tertiary/aromatic N) is 1. The number of ether oxygens (including phenoxy) is 2. The molecule has 0 spiro atoms. The first-order chi connectivity index (χ1) is 13.4. The Balaban J connectivity index is 1.85. The molecular weight excluding hydrogens is 402 g/mol. The third-order valence-electron chi connectivity index (χ3n) is 4.50. The maximum atomic E-state index is 13.1. The first-order valence-corrected chi connectivity index (χ1v) is 10.9. The van der Waals surface area contributed by atoms with Crippen LogP contribution in [0.25, 0.3) is 0 Å². The Bertz CT molecular complexity index is 927. The topological polar surface area (TPSA) is 72.9 Å². The number of anilines is 1. The van der Waals surface area contributed by atoms with Crippen molar-refractivity contribution in [1.29, 1.82) is 0 Å². The van der Waals surface area contributed by atoms with Crippen LogP contribution in [-0.2, 0) is 19.5 Å². The number of hydrogen-bond acceptors (Lipinski definition) is 5. The lowest BCUT2D eigenvalue weighted by atomic mass is 10.2. The minimum absolute atomic E-state index is 0.0184. The van der Waals surface area contributed by atoms with Gasteiger partial charge in [0.25, 0.3) is 10.0 Å². The second-order valence-electron chi connectivity index (χ2n) is 6.38. The molecule has 0 N–H and O–H groups in total. The van der Waals surface area contributed by atoms with Crippen LogP contribution in [0.15, 0.2) is 53.4 Å². The van der Waals surface area contributed by atoms with Crippen LogP contribution in [0.5, 0.6) is 0 Å². The third kappa shape index (κ3) is 4.48. The van der Waals surface area contributed by atoms with Crippen molar-refractivity contribution in [2.75, 3.05) is 24.1 Å². The van der Waals surface area contributed by atoms with Crippen molar-refractivity contribution in [2.24, 2.45) is 0 Å². The van der Waals surface area contributed by atoms with Crippen LogP contribution < -0.4 is 4.31 Å². The SMILES string of the molecule is CCN(c1ccccc1)S(=O)(=O)c1ccc(Cl)c(C(=O)OC[C@H]2CCCO2)c1. The van der Waals surface area contributed by atoms with Gasteiger partial charge in [0.1, 0.15) is 6.61 Å². The van der Waals surface area contributed by atoms with E-state index >= 15 is 0 Å². The zero-order valence-electron chi connectivity index (χ0n) is 15.5. The summed E-state index contributed by atoms with van der Waals surface area (Å²) in [6.45, 7) is 2.77. The quantitative estimate of drug-likeness (QED) is 0.631. The highest BCUT2D eigenvalue weighted by atomic mass is 35.5. The van der Waals surface area contributed by atoms with E-state index in [1.54, 1.807) is 31.2 Å². The lowest BCUT2D eigenvalue weighted by Crippen LogP contribution is -2.31. The Hall–Kier alpha value is -2.09. The molecule has 1 atom stereocenters. The Kier molecular flexibility index (Phi) is 6.59. The average molecular weight is 424 g/mol. The normalized spacial score (nSPS) is 16.7. The van der Waals surface area contributed by atoms with Crippen molar-refractivity contribution in [1.82, 2.24) is 0 Å². The smallest absolute Gasteiger partial charge is 0.339 e. The van der Waals surface area contributed by atoms with E-state index in [1.807, 2.05) is 6.07 Å². The summed E-state index contributed by atoms with van der Waals surface area (Å²) in [5.41, 5.74) is 0.562. The van der Waals surface area contributed by atoms with Gasteiger partial charge >= 0.3 is 5.97 Å². The number of carbonyl (C=O) groups excluding carboxylic acids is 1. The fraction of sp³-hybridized carbons (Fsp3) is 0.350. The second kappa shape index (κ2) is 8.94. The molecule has 0 radical (unpaired) electrons. The molecule has 0 amide bonds. The van der Waals surface area contributed by atoms with Gasteiger partial charge in [0.05, 0.1) is 27.3 Å². The lowest BCUT2D eigenvalue weighted by Gasteiger charge is -2.23. The molecule has 150 valence electrons. The van der Waals surface area contributed by atoms with Gasteiger partial charge in [0, 0.05) is 13.2 Å². The van der Waals surface area contributed by atoms with E-state index in [2.05, 4.69) is 0 Å². The molecular formula is C20H22ClNO5S. The van der Waals surface area contributed by atoms with Crippen LogP contribution in [0, 0.1) is 0 Å². The molecule has 28 heavy (non-hydrogen) atoms. The highest BCUT2D eigenvalue weighted by Crippen LogP contribution is 2.27. The summed E-state index contributed by atoms with van der Waals surface area (Å²) in [7, 11) is -3.87. The van der Waals surface area contributed by atoms with E-state index in [0.717, 1.165) is 12.8 Å². The highest BCUT2D eigenvalue weighted by Gasteiger charge is 2.26. The summed E-state index contributed by atoms with van der Waals surface area (Å²) < 4.78 is 38.2. The van der Waals surface area contributed by atoms with Crippen molar-refractivity contribution in [2.45, 2.75) is 30.8 Å². The van der Waals surface area contributed by atoms with Crippen LogP contribution in [-0.4, -0.2) is 40.2 Å². The van der Waals surface area contributed by atoms with Gasteiger partial charge in [0.15, 0.2) is 0 Å². The van der Waals surface area contributed by atoms with Crippen molar-refractivity contribution >= 4 is 33.3 Å². The van der Waals surface area contributed by atoms with Crippen LogP contribution in [0.3, 0.4) is 0 Å². The average Bonchev–Trinajstić information content (AvgIpc) is 3.21. The molecule has 2 aromatic rings. The van der Waals surface area contributed by atoms with E-state index < -0.39 is 16.0 Å². The fourth-order valence-electron chi connectivity index (χ4n) is 3.06. The van der Waals surface area contributed by atoms with Crippen molar-refractivity contribution < 1.29 is 22.7 Å². The molecule has 0 saturated carbocycles. The number of para-hydroxylation sites is 1. The summed E-state index contributed by atoms with van der Waals surface area (Å²) in [5, 5.41) is 0.138. The van der Waals surface area contributed by atoms with E-state index in [1.165, 1.54) is 22.5 Å². The summed E-state index contributed by atoms with van der Waals surface area (Å²) in [4.78, 5) is 12.4. The first kappa shape index (κ1) is 20.6. The van der Waals surface area contributed by atoms with Crippen LogP contribution >= 0.6 is 11.6 Å². The molecule has 3 rings (SSSR count). The maximum Gasteiger partial charge on any atom is 0.339 e. The standard InChI is InChI=1S/C20H22ClNO5S/c1-2-22(15-7-4-3-5-8-15)28(24,25)17-10-11-19(21)18(13-17)20(23)27-14-16-9-6-12-26-16/h3-5,7-8,10-11,13,16H,2,6,9,12,14H2,1H3/t16-/m1/s1. The Morgan fingerprint density at radius 3 is 2.64 bits per heavy atom. The highest BCUT2D eigenvalue weighted by molar-refractivity contribution is 7.92. The Morgan fingerprint density at radius 2 is 2.00 bits per heavy atom. The van der Waals surface area contributed by atoms with Crippen LogP contribution in [0.1, 0.15) is 30.1 Å². The predicted molar refractivity (Wildman–Crippen MR) is 107 cm³/mol.